The third-order valence-corrected chi connectivity index (χ3v) is 5.02. The number of para-hydroxylation sites is 1. The van der Waals surface area contributed by atoms with Crippen molar-refractivity contribution >= 4 is 5.91 Å². The maximum atomic E-state index is 13.4. The lowest BCUT2D eigenvalue weighted by atomic mass is 10.1. The van der Waals surface area contributed by atoms with Gasteiger partial charge in [-0.2, -0.15) is 5.10 Å². The van der Waals surface area contributed by atoms with Gasteiger partial charge in [-0.15, -0.1) is 0 Å². The van der Waals surface area contributed by atoms with Crippen LogP contribution in [-0.2, 0) is 13.1 Å². The third-order valence-electron chi connectivity index (χ3n) is 5.02. The molecular weight excluding hydrogens is 391 g/mol. The monoisotopic (exact) mass is 414 g/mol. The molecule has 1 amide bonds. The molecule has 3 aromatic carbocycles. The molecular formula is C25H23FN4O. The molecule has 156 valence electrons. The Labute approximate surface area is 180 Å². The van der Waals surface area contributed by atoms with Gasteiger partial charge in [0.05, 0.1) is 11.4 Å². The Bertz CT molecular complexity index is 1150. The second-order valence-corrected chi connectivity index (χ2v) is 7.17. The van der Waals surface area contributed by atoms with Crippen LogP contribution < -0.4 is 10.6 Å². The minimum atomic E-state index is -0.272. The lowest BCUT2D eigenvalue weighted by molar-refractivity contribution is 0.0963. The smallest absolute Gasteiger partial charge is 0.251 e. The number of nitrogens with one attached hydrogen (secondary N) is 2. The van der Waals surface area contributed by atoms with Gasteiger partial charge >= 0.3 is 0 Å². The summed E-state index contributed by atoms with van der Waals surface area (Å²) in [6, 6.07) is 23.8. The van der Waals surface area contributed by atoms with Gasteiger partial charge in [0, 0.05) is 43.0 Å². The summed E-state index contributed by atoms with van der Waals surface area (Å²) in [5.41, 5.74) is 5.36. The van der Waals surface area contributed by atoms with Crippen LogP contribution in [-0.4, -0.2) is 22.7 Å². The topological polar surface area (TPSA) is 59.0 Å². The van der Waals surface area contributed by atoms with Gasteiger partial charge in [0.15, 0.2) is 0 Å². The SMILES string of the molecule is CNC(=O)c1ccc(CNCc2cn(-c3ccccc3)nc2-c2ccc(F)cc2)cc1. The van der Waals surface area contributed by atoms with E-state index in [1.54, 1.807) is 19.2 Å². The van der Waals surface area contributed by atoms with Gasteiger partial charge in [0.25, 0.3) is 5.91 Å². The second kappa shape index (κ2) is 9.36. The van der Waals surface area contributed by atoms with Crippen molar-refractivity contribution in [3.05, 3.63) is 108 Å². The maximum absolute atomic E-state index is 13.4. The van der Waals surface area contributed by atoms with Crippen molar-refractivity contribution in [2.45, 2.75) is 13.1 Å². The van der Waals surface area contributed by atoms with Crippen LogP contribution in [0.1, 0.15) is 21.5 Å². The van der Waals surface area contributed by atoms with Gasteiger partial charge in [-0.05, 0) is 54.1 Å². The molecule has 0 unspecified atom stereocenters. The van der Waals surface area contributed by atoms with Crippen molar-refractivity contribution in [3.63, 3.8) is 0 Å². The summed E-state index contributed by atoms with van der Waals surface area (Å²) in [7, 11) is 1.62. The fourth-order valence-electron chi connectivity index (χ4n) is 3.36. The van der Waals surface area contributed by atoms with Gasteiger partial charge < -0.3 is 10.6 Å². The highest BCUT2D eigenvalue weighted by molar-refractivity contribution is 5.93. The first-order valence-electron chi connectivity index (χ1n) is 10.1. The Balaban J connectivity index is 1.53. The Morgan fingerprint density at radius 2 is 1.65 bits per heavy atom. The average molecular weight is 414 g/mol. The number of hydrogen-bond donors (Lipinski definition) is 2. The molecule has 0 aliphatic heterocycles. The normalized spacial score (nSPS) is 10.8. The first-order valence-corrected chi connectivity index (χ1v) is 10.1. The molecule has 1 aromatic heterocycles. The number of rotatable bonds is 7. The number of halogens is 1. The van der Waals surface area contributed by atoms with Crippen LogP contribution >= 0.6 is 0 Å². The Kier molecular flexibility index (Phi) is 6.19. The van der Waals surface area contributed by atoms with Gasteiger partial charge in [-0.25, -0.2) is 9.07 Å². The molecule has 0 aliphatic carbocycles. The van der Waals surface area contributed by atoms with E-state index in [-0.39, 0.29) is 11.7 Å². The second-order valence-electron chi connectivity index (χ2n) is 7.17. The zero-order valence-corrected chi connectivity index (χ0v) is 17.2. The zero-order chi connectivity index (χ0) is 21.6. The van der Waals surface area contributed by atoms with E-state index >= 15 is 0 Å². The van der Waals surface area contributed by atoms with Crippen molar-refractivity contribution in [2.75, 3.05) is 7.05 Å². The standard InChI is InChI=1S/C25H23FN4O/c1-27-25(31)20-9-7-18(8-10-20)15-28-16-21-17-30(23-5-3-2-4-6-23)29-24(21)19-11-13-22(26)14-12-19/h2-14,17,28H,15-16H2,1H3,(H,27,31). The highest BCUT2D eigenvalue weighted by Gasteiger charge is 2.12. The first kappa shape index (κ1) is 20.5. The van der Waals surface area contributed by atoms with Crippen LogP contribution in [0.3, 0.4) is 0 Å². The molecule has 0 saturated heterocycles. The molecule has 0 spiro atoms. The quantitative estimate of drug-likeness (QED) is 0.473. The molecule has 0 atom stereocenters. The van der Waals surface area contributed by atoms with Crippen molar-refractivity contribution in [3.8, 4) is 16.9 Å². The summed E-state index contributed by atoms with van der Waals surface area (Å²) in [4.78, 5) is 11.7. The van der Waals surface area contributed by atoms with Crippen molar-refractivity contribution in [1.82, 2.24) is 20.4 Å². The Morgan fingerprint density at radius 1 is 0.935 bits per heavy atom. The third kappa shape index (κ3) is 4.87. The number of carbonyl (C=O) groups is 1. The maximum Gasteiger partial charge on any atom is 0.251 e. The minimum Gasteiger partial charge on any atom is -0.355 e. The predicted molar refractivity (Wildman–Crippen MR) is 119 cm³/mol. The van der Waals surface area contributed by atoms with Crippen LogP contribution in [0.25, 0.3) is 16.9 Å². The van der Waals surface area contributed by atoms with Gasteiger partial charge in [0.2, 0.25) is 0 Å². The van der Waals surface area contributed by atoms with Crippen LogP contribution in [0, 0.1) is 5.82 Å². The average Bonchev–Trinajstić information content (AvgIpc) is 3.24. The van der Waals surface area contributed by atoms with Crippen LogP contribution in [0.2, 0.25) is 0 Å². The molecule has 0 aliphatic rings. The lowest BCUT2D eigenvalue weighted by Gasteiger charge is -2.07. The van der Waals surface area contributed by atoms with Crippen LogP contribution in [0.4, 0.5) is 4.39 Å². The van der Waals surface area contributed by atoms with Crippen molar-refractivity contribution in [2.24, 2.45) is 0 Å². The zero-order valence-electron chi connectivity index (χ0n) is 17.2. The summed E-state index contributed by atoms with van der Waals surface area (Å²) in [5, 5.41) is 10.8. The predicted octanol–water partition coefficient (Wildman–Crippen LogP) is 4.33. The van der Waals surface area contributed by atoms with Crippen LogP contribution in [0.5, 0.6) is 0 Å². The summed E-state index contributed by atoms with van der Waals surface area (Å²) >= 11 is 0. The molecule has 0 radical (unpaired) electrons. The molecule has 4 aromatic rings. The summed E-state index contributed by atoms with van der Waals surface area (Å²) in [6.45, 7) is 1.24. The number of nitrogens with zero attached hydrogens (tertiary/aromatic N) is 2. The van der Waals surface area contributed by atoms with Gasteiger partial charge in [-0.1, -0.05) is 30.3 Å². The van der Waals surface area contributed by atoms with E-state index in [4.69, 9.17) is 5.10 Å². The molecule has 2 N–H and O–H groups in total. The summed E-state index contributed by atoms with van der Waals surface area (Å²) < 4.78 is 15.2. The van der Waals surface area contributed by atoms with Crippen molar-refractivity contribution < 1.29 is 9.18 Å². The summed E-state index contributed by atoms with van der Waals surface area (Å²) in [5.74, 6) is -0.372. The fourth-order valence-corrected chi connectivity index (χ4v) is 3.36. The Morgan fingerprint density at radius 3 is 2.32 bits per heavy atom. The van der Waals surface area contributed by atoms with E-state index in [9.17, 15) is 9.18 Å². The van der Waals surface area contributed by atoms with Gasteiger partial charge in [0.1, 0.15) is 5.82 Å². The molecule has 31 heavy (non-hydrogen) atoms. The summed E-state index contributed by atoms with van der Waals surface area (Å²) in [6.07, 6.45) is 2.00. The molecule has 1 heterocycles. The van der Waals surface area contributed by atoms with E-state index in [1.807, 2.05) is 65.5 Å². The van der Waals surface area contributed by atoms with E-state index < -0.39 is 0 Å². The minimum absolute atomic E-state index is 0.100. The molecule has 6 heteroatoms. The fraction of sp³-hybridized carbons (Fsp3) is 0.120. The van der Waals surface area contributed by atoms with Crippen LogP contribution in [0.15, 0.2) is 85.1 Å². The molecule has 5 nitrogen and oxygen atoms in total. The van der Waals surface area contributed by atoms with E-state index in [2.05, 4.69) is 10.6 Å². The molecule has 0 saturated carbocycles. The highest BCUT2D eigenvalue weighted by atomic mass is 19.1. The lowest BCUT2D eigenvalue weighted by Crippen LogP contribution is -2.18. The van der Waals surface area contributed by atoms with Crippen molar-refractivity contribution in [1.29, 1.82) is 0 Å². The van der Waals surface area contributed by atoms with E-state index in [1.165, 1.54) is 12.1 Å². The molecule has 0 fully saturated rings. The Hall–Kier alpha value is -3.77. The highest BCUT2D eigenvalue weighted by Crippen LogP contribution is 2.24. The van der Waals surface area contributed by atoms with E-state index in [0.717, 1.165) is 28.1 Å². The molecule has 0 bridgehead atoms. The number of amides is 1. The molecule has 4 rings (SSSR count). The number of aromatic nitrogens is 2. The van der Waals surface area contributed by atoms with Gasteiger partial charge in [-0.3, -0.25) is 4.79 Å². The number of benzene rings is 3. The van der Waals surface area contributed by atoms with E-state index in [0.29, 0.717) is 18.7 Å². The number of hydrogen-bond acceptors (Lipinski definition) is 3. The number of carbonyl (C=O) groups excluding carboxylic acids is 1. The largest absolute Gasteiger partial charge is 0.355 e. The first-order chi connectivity index (χ1) is 15.1.